The maximum absolute atomic E-state index is 13.4. The lowest BCUT2D eigenvalue weighted by atomic mass is 9.87. The van der Waals surface area contributed by atoms with Gasteiger partial charge in [0.25, 0.3) is 0 Å². The first-order valence-electron chi connectivity index (χ1n) is 10.1. The van der Waals surface area contributed by atoms with Gasteiger partial charge in [-0.25, -0.2) is 4.79 Å². The van der Waals surface area contributed by atoms with E-state index in [0.717, 1.165) is 39.9 Å². The van der Waals surface area contributed by atoms with Gasteiger partial charge in [0.1, 0.15) is 11.4 Å². The minimum atomic E-state index is -0.568. The Morgan fingerprint density at radius 3 is 2.55 bits per heavy atom. The molecule has 2 aromatic carbocycles. The smallest absolute Gasteiger partial charge is 0.415 e. The van der Waals surface area contributed by atoms with Crippen molar-refractivity contribution in [2.75, 3.05) is 12.0 Å². The number of rotatable bonds is 3. The van der Waals surface area contributed by atoms with E-state index in [1.807, 2.05) is 43.9 Å². The Morgan fingerprint density at radius 1 is 1.21 bits per heavy atom. The first-order valence-corrected chi connectivity index (χ1v) is 10.9. The summed E-state index contributed by atoms with van der Waals surface area (Å²) >= 11 is 3.64. The molecule has 0 fully saturated rings. The second kappa shape index (κ2) is 8.39. The number of aryl methyl sites for hydroxylation is 1. The van der Waals surface area contributed by atoms with Crippen LogP contribution in [0.25, 0.3) is 0 Å². The number of anilines is 1. The number of nitrogens with zero attached hydrogens (tertiary/aromatic N) is 1. The second-order valence-corrected chi connectivity index (χ2v) is 9.75. The van der Waals surface area contributed by atoms with Crippen molar-refractivity contribution in [1.82, 2.24) is 0 Å². The van der Waals surface area contributed by atoms with Crippen molar-refractivity contribution >= 4 is 27.7 Å². The van der Waals surface area contributed by atoms with Crippen molar-refractivity contribution in [1.29, 1.82) is 0 Å². The highest BCUT2D eigenvalue weighted by atomic mass is 79.9. The Labute approximate surface area is 182 Å². The zero-order valence-corrected chi connectivity index (χ0v) is 19.7. The minimum absolute atomic E-state index is 0.105. The molecular weight excluding hydrogens is 430 g/mol. The van der Waals surface area contributed by atoms with Crippen LogP contribution < -0.4 is 9.64 Å². The van der Waals surface area contributed by atoms with Gasteiger partial charge in [0.15, 0.2) is 0 Å². The molecule has 0 aromatic heterocycles. The molecule has 0 saturated carbocycles. The molecule has 1 aliphatic heterocycles. The fourth-order valence-corrected chi connectivity index (χ4v) is 4.40. The number of benzene rings is 2. The first-order chi connectivity index (χ1) is 13.6. The highest BCUT2D eigenvalue weighted by Crippen LogP contribution is 2.45. The van der Waals surface area contributed by atoms with E-state index < -0.39 is 5.60 Å². The third-order valence-electron chi connectivity index (χ3n) is 5.11. The van der Waals surface area contributed by atoms with Gasteiger partial charge in [-0.05, 0) is 80.5 Å². The summed E-state index contributed by atoms with van der Waals surface area (Å²) in [7, 11) is 1.66. The van der Waals surface area contributed by atoms with Gasteiger partial charge in [0.05, 0.1) is 18.8 Å². The van der Waals surface area contributed by atoms with Crippen molar-refractivity contribution in [3.8, 4) is 5.75 Å². The molecule has 1 unspecified atom stereocenters. The average molecular weight is 460 g/mol. The van der Waals surface area contributed by atoms with Gasteiger partial charge in [0, 0.05) is 4.47 Å². The fraction of sp³-hybridized carbons (Fsp3) is 0.458. The van der Waals surface area contributed by atoms with Crippen molar-refractivity contribution in [3.05, 3.63) is 57.6 Å². The van der Waals surface area contributed by atoms with Crippen LogP contribution in [0, 0.1) is 0 Å². The Balaban J connectivity index is 2.17. The molecule has 0 spiro atoms. The molecule has 0 saturated heterocycles. The molecule has 0 radical (unpaired) electrons. The Hall–Kier alpha value is -2.01. The van der Waals surface area contributed by atoms with E-state index in [-0.39, 0.29) is 18.1 Å². The summed E-state index contributed by atoms with van der Waals surface area (Å²) in [5, 5.41) is 0. The molecular formula is C24H30BrNO3. The largest absolute Gasteiger partial charge is 0.497 e. The van der Waals surface area contributed by atoms with Crippen molar-refractivity contribution < 1.29 is 14.3 Å². The summed E-state index contributed by atoms with van der Waals surface area (Å²) in [4.78, 5) is 15.3. The number of amides is 1. The standard InChI is InChI=1S/C24H30BrNO3/c1-15(2)20-14-18(25)12-17-10-11-21(16-8-7-9-19(13-16)28-6)26(22(17)20)23(27)29-24(3,4)5/h7-9,12-15,21H,10-11H2,1-6H3. The van der Waals surface area contributed by atoms with E-state index in [1.54, 1.807) is 7.11 Å². The highest BCUT2D eigenvalue weighted by molar-refractivity contribution is 9.10. The van der Waals surface area contributed by atoms with Gasteiger partial charge in [0.2, 0.25) is 0 Å². The van der Waals surface area contributed by atoms with Gasteiger partial charge in [-0.1, -0.05) is 41.9 Å². The number of hydrogen-bond acceptors (Lipinski definition) is 3. The molecule has 5 heteroatoms. The monoisotopic (exact) mass is 459 g/mol. The molecule has 156 valence electrons. The van der Waals surface area contributed by atoms with Crippen LogP contribution >= 0.6 is 15.9 Å². The molecule has 0 aliphatic carbocycles. The molecule has 2 aromatic rings. The maximum Gasteiger partial charge on any atom is 0.415 e. The summed E-state index contributed by atoms with van der Waals surface area (Å²) in [5.41, 5.74) is 3.79. The van der Waals surface area contributed by atoms with Crippen molar-refractivity contribution in [2.24, 2.45) is 0 Å². The van der Waals surface area contributed by atoms with E-state index >= 15 is 0 Å². The topological polar surface area (TPSA) is 38.8 Å². The maximum atomic E-state index is 13.4. The van der Waals surface area contributed by atoms with Gasteiger partial charge in [-0.3, -0.25) is 4.90 Å². The fourth-order valence-electron chi connectivity index (χ4n) is 3.87. The molecule has 1 atom stereocenters. The summed E-state index contributed by atoms with van der Waals surface area (Å²) in [6.07, 6.45) is 1.42. The number of carbonyl (C=O) groups is 1. The number of carbonyl (C=O) groups excluding carboxylic acids is 1. The lowest BCUT2D eigenvalue weighted by Gasteiger charge is -2.40. The van der Waals surface area contributed by atoms with Crippen molar-refractivity contribution in [2.45, 2.75) is 65.0 Å². The molecule has 4 nitrogen and oxygen atoms in total. The summed E-state index contributed by atoms with van der Waals surface area (Å²) < 4.78 is 12.3. The Kier molecular flexibility index (Phi) is 6.27. The van der Waals surface area contributed by atoms with Gasteiger partial charge in [-0.2, -0.15) is 0 Å². The molecule has 29 heavy (non-hydrogen) atoms. The Morgan fingerprint density at radius 2 is 1.93 bits per heavy atom. The van der Waals surface area contributed by atoms with Crippen LogP contribution in [0.1, 0.15) is 69.7 Å². The van der Waals surface area contributed by atoms with E-state index in [9.17, 15) is 4.79 Å². The number of ether oxygens (including phenoxy) is 2. The quantitative estimate of drug-likeness (QED) is 0.495. The molecule has 1 aliphatic rings. The summed E-state index contributed by atoms with van der Waals surface area (Å²) in [6, 6.07) is 12.1. The third-order valence-corrected chi connectivity index (χ3v) is 5.57. The van der Waals surface area contributed by atoms with Crippen LogP contribution in [0.5, 0.6) is 5.75 Å². The third kappa shape index (κ3) is 4.77. The van der Waals surface area contributed by atoms with Gasteiger partial charge >= 0.3 is 6.09 Å². The second-order valence-electron chi connectivity index (χ2n) is 8.84. The first kappa shape index (κ1) is 21.7. The SMILES string of the molecule is COc1cccc(C2CCc3cc(Br)cc(C(C)C)c3N2C(=O)OC(C)(C)C)c1. The lowest BCUT2D eigenvalue weighted by Crippen LogP contribution is -2.42. The normalized spacial score (nSPS) is 16.6. The van der Waals surface area contributed by atoms with Gasteiger partial charge in [-0.15, -0.1) is 0 Å². The van der Waals surface area contributed by atoms with Crippen LogP contribution in [-0.2, 0) is 11.2 Å². The van der Waals surface area contributed by atoms with Gasteiger partial charge < -0.3 is 9.47 Å². The molecule has 1 heterocycles. The molecule has 3 rings (SSSR count). The predicted molar refractivity (Wildman–Crippen MR) is 121 cm³/mol. The zero-order valence-electron chi connectivity index (χ0n) is 18.1. The van der Waals surface area contributed by atoms with E-state index in [4.69, 9.17) is 9.47 Å². The van der Waals surface area contributed by atoms with Crippen LogP contribution in [0.3, 0.4) is 0 Å². The Bertz CT molecular complexity index is 901. The molecule has 0 N–H and O–H groups in total. The zero-order chi connectivity index (χ0) is 21.3. The number of hydrogen-bond donors (Lipinski definition) is 0. The van der Waals surface area contributed by atoms with Crippen LogP contribution in [0.2, 0.25) is 0 Å². The van der Waals surface area contributed by atoms with E-state index in [0.29, 0.717) is 0 Å². The van der Waals surface area contributed by atoms with Crippen LogP contribution in [0.4, 0.5) is 10.5 Å². The average Bonchev–Trinajstić information content (AvgIpc) is 2.64. The lowest BCUT2D eigenvalue weighted by molar-refractivity contribution is 0.0559. The number of methoxy groups -OCH3 is 1. The minimum Gasteiger partial charge on any atom is -0.497 e. The summed E-state index contributed by atoms with van der Waals surface area (Å²) in [6.45, 7) is 10.0. The predicted octanol–water partition coefficient (Wildman–Crippen LogP) is 7.01. The van der Waals surface area contributed by atoms with Crippen molar-refractivity contribution in [3.63, 3.8) is 0 Å². The molecule has 1 amide bonds. The number of halogens is 1. The molecule has 0 bridgehead atoms. The van der Waals surface area contributed by atoms with E-state index in [1.165, 1.54) is 5.56 Å². The van der Waals surface area contributed by atoms with Crippen LogP contribution in [-0.4, -0.2) is 18.8 Å². The van der Waals surface area contributed by atoms with Crippen LogP contribution in [0.15, 0.2) is 40.9 Å². The number of fused-ring (bicyclic) bond motifs is 1. The summed E-state index contributed by atoms with van der Waals surface area (Å²) in [5.74, 6) is 1.06. The van der Waals surface area contributed by atoms with E-state index in [2.05, 4.69) is 48.0 Å². The highest BCUT2D eigenvalue weighted by Gasteiger charge is 2.37.